The molecule has 5 nitrogen and oxygen atoms in total. The quantitative estimate of drug-likeness (QED) is 0.735. The van der Waals surface area contributed by atoms with Crippen molar-refractivity contribution in [3.8, 4) is 0 Å². The summed E-state index contributed by atoms with van der Waals surface area (Å²) in [6.45, 7) is 7.90. The zero-order chi connectivity index (χ0) is 20.2. The first-order chi connectivity index (χ1) is 13.2. The summed E-state index contributed by atoms with van der Waals surface area (Å²) in [5, 5.41) is 0. The number of aryl methyl sites for hydroxylation is 1. The summed E-state index contributed by atoms with van der Waals surface area (Å²) in [4.78, 5) is 41.9. The van der Waals surface area contributed by atoms with Crippen LogP contribution in [0.2, 0.25) is 0 Å². The summed E-state index contributed by atoms with van der Waals surface area (Å²) in [7, 11) is 0. The molecule has 0 spiro atoms. The molecule has 28 heavy (non-hydrogen) atoms. The fraction of sp³-hybridized carbons (Fsp3) is 0.522. The van der Waals surface area contributed by atoms with Crippen molar-refractivity contribution in [1.82, 2.24) is 4.90 Å². The van der Waals surface area contributed by atoms with E-state index >= 15 is 0 Å². The number of carbonyl (C=O) groups excluding carboxylic acids is 3. The van der Waals surface area contributed by atoms with Crippen molar-refractivity contribution in [2.24, 2.45) is 11.8 Å². The number of nitrogens with zero attached hydrogens (tertiary/aromatic N) is 2. The molecule has 148 valence electrons. The van der Waals surface area contributed by atoms with Gasteiger partial charge in [0.05, 0.1) is 23.1 Å². The third-order valence-corrected chi connectivity index (χ3v) is 6.44. The molecule has 0 bridgehead atoms. The molecule has 0 aromatic heterocycles. The lowest BCUT2D eigenvalue weighted by Crippen LogP contribution is -2.53. The molecule has 4 rings (SSSR count). The van der Waals surface area contributed by atoms with Crippen LogP contribution in [0.15, 0.2) is 24.3 Å². The van der Waals surface area contributed by atoms with E-state index in [0.29, 0.717) is 0 Å². The molecule has 2 aliphatic heterocycles. The fourth-order valence-electron chi connectivity index (χ4n) is 5.19. The van der Waals surface area contributed by atoms with Crippen LogP contribution in [-0.2, 0) is 14.4 Å². The van der Waals surface area contributed by atoms with Crippen LogP contribution in [0.25, 0.3) is 5.57 Å². The maximum absolute atomic E-state index is 13.4. The van der Waals surface area contributed by atoms with Gasteiger partial charge in [0.25, 0.3) is 0 Å². The number of hydrogen-bond acceptors (Lipinski definition) is 3. The Balaban J connectivity index is 1.65. The standard InChI is InChI=1S/C23H28N2O3/c1-14-9-10-19-18(11-14)15(2)12-23(3,4)25(19)20(26)13-24-21(27)16-7-5-6-8-17(16)22(24)28/h9-12,16-17H,5-8,13H2,1-4H3/t16-,17+. The molecule has 1 aliphatic carbocycles. The average molecular weight is 380 g/mol. The van der Waals surface area contributed by atoms with Gasteiger partial charge < -0.3 is 4.90 Å². The minimum atomic E-state index is -0.526. The smallest absolute Gasteiger partial charge is 0.247 e. The molecule has 0 N–H and O–H groups in total. The molecule has 3 amide bonds. The average Bonchev–Trinajstić information content (AvgIpc) is 2.87. The van der Waals surface area contributed by atoms with E-state index in [1.54, 1.807) is 4.90 Å². The summed E-state index contributed by atoms with van der Waals surface area (Å²) in [6.07, 6.45) is 5.58. The topological polar surface area (TPSA) is 57.7 Å². The number of fused-ring (bicyclic) bond motifs is 2. The van der Waals surface area contributed by atoms with E-state index in [1.807, 2.05) is 32.9 Å². The zero-order valence-electron chi connectivity index (χ0n) is 17.1. The first-order valence-electron chi connectivity index (χ1n) is 10.2. The predicted molar refractivity (Wildman–Crippen MR) is 109 cm³/mol. The Morgan fingerprint density at radius 3 is 2.29 bits per heavy atom. The van der Waals surface area contributed by atoms with Gasteiger partial charge in [-0.15, -0.1) is 0 Å². The summed E-state index contributed by atoms with van der Waals surface area (Å²) in [6, 6.07) is 6.04. The molecule has 1 saturated carbocycles. The van der Waals surface area contributed by atoms with Crippen molar-refractivity contribution >= 4 is 29.0 Å². The Morgan fingerprint density at radius 1 is 1.07 bits per heavy atom. The number of carbonyl (C=O) groups is 3. The van der Waals surface area contributed by atoms with Gasteiger partial charge in [0.1, 0.15) is 6.54 Å². The highest BCUT2D eigenvalue weighted by molar-refractivity contribution is 6.10. The second kappa shape index (κ2) is 6.57. The van der Waals surface area contributed by atoms with Gasteiger partial charge in [-0.05, 0) is 58.2 Å². The minimum Gasteiger partial charge on any atom is -0.301 e. The van der Waals surface area contributed by atoms with Crippen LogP contribution in [0.3, 0.4) is 0 Å². The van der Waals surface area contributed by atoms with Crippen LogP contribution in [0.5, 0.6) is 0 Å². The molecule has 1 aromatic carbocycles. The zero-order valence-corrected chi connectivity index (χ0v) is 17.1. The normalized spacial score (nSPS) is 26.1. The largest absolute Gasteiger partial charge is 0.301 e. The molecule has 2 fully saturated rings. The highest BCUT2D eigenvalue weighted by Gasteiger charge is 2.49. The van der Waals surface area contributed by atoms with E-state index in [2.05, 4.69) is 19.1 Å². The first-order valence-corrected chi connectivity index (χ1v) is 10.2. The van der Waals surface area contributed by atoms with Gasteiger partial charge in [0.2, 0.25) is 17.7 Å². The number of likely N-dealkylation sites (tertiary alicyclic amines) is 1. The van der Waals surface area contributed by atoms with Crippen molar-refractivity contribution < 1.29 is 14.4 Å². The van der Waals surface area contributed by atoms with Crippen LogP contribution in [-0.4, -0.2) is 34.7 Å². The highest BCUT2D eigenvalue weighted by atomic mass is 16.2. The van der Waals surface area contributed by atoms with Crippen LogP contribution in [0, 0.1) is 18.8 Å². The minimum absolute atomic E-state index is 0.159. The second-order valence-corrected chi connectivity index (χ2v) is 8.99. The number of imide groups is 1. The third-order valence-electron chi connectivity index (χ3n) is 6.44. The van der Waals surface area contributed by atoms with Crippen molar-refractivity contribution in [2.75, 3.05) is 11.4 Å². The van der Waals surface area contributed by atoms with Crippen molar-refractivity contribution in [3.63, 3.8) is 0 Å². The number of allylic oxidation sites excluding steroid dienone is 1. The lowest BCUT2D eigenvalue weighted by Gasteiger charge is -2.42. The van der Waals surface area contributed by atoms with Gasteiger partial charge in [-0.3, -0.25) is 19.3 Å². The van der Waals surface area contributed by atoms with E-state index in [4.69, 9.17) is 0 Å². The fourth-order valence-corrected chi connectivity index (χ4v) is 5.19. The molecule has 0 unspecified atom stereocenters. The van der Waals surface area contributed by atoms with Crippen LogP contribution in [0.4, 0.5) is 5.69 Å². The molecular formula is C23H28N2O3. The van der Waals surface area contributed by atoms with Crippen LogP contribution >= 0.6 is 0 Å². The van der Waals surface area contributed by atoms with Gasteiger partial charge in [0, 0.05) is 5.56 Å². The monoisotopic (exact) mass is 380 g/mol. The Labute approximate surface area is 166 Å². The summed E-state index contributed by atoms with van der Waals surface area (Å²) in [5.41, 5.74) is 3.61. The van der Waals surface area contributed by atoms with E-state index < -0.39 is 5.54 Å². The van der Waals surface area contributed by atoms with Crippen molar-refractivity contribution in [1.29, 1.82) is 0 Å². The number of anilines is 1. The summed E-state index contributed by atoms with van der Waals surface area (Å²) < 4.78 is 0. The molecule has 1 saturated heterocycles. The van der Waals surface area contributed by atoms with Gasteiger partial charge in [-0.25, -0.2) is 0 Å². The lowest BCUT2D eigenvalue weighted by molar-refractivity contribution is -0.143. The van der Waals surface area contributed by atoms with Crippen LogP contribution < -0.4 is 4.90 Å². The number of amides is 3. The Hall–Kier alpha value is -2.43. The second-order valence-electron chi connectivity index (χ2n) is 8.99. The Kier molecular flexibility index (Phi) is 4.44. The number of hydrogen-bond donors (Lipinski definition) is 0. The van der Waals surface area contributed by atoms with E-state index in [-0.39, 0.29) is 36.1 Å². The third kappa shape index (κ3) is 2.88. The molecule has 2 heterocycles. The Morgan fingerprint density at radius 2 is 1.68 bits per heavy atom. The van der Waals surface area contributed by atoms with Gasteiger partial charge >= 0.3 is 0 Å². The summed E-state index contributed by atoms with van der Waals surface area (Å²) in [5.74, 6) is -0.970. The van der Waals surface area contributed by atoms with Gasteiger partial charge in [-0.2, -0.15) is 0 Å². The molecule has 0 radical (unpaired) electrons. The molecule has 2 atom stereocenters. The van der Waals surface area contributed by atoms with Crippen LogP contribution in [0.1, 0.15) is 57.6 Å². The number of benzene rings is 1. The summed E-state index contributed by atoms with van der Waals surface area (Å²) >= 11 is 0. The van der Waals surface area contributed by atoms with Crippen molar-refractivity contribution in [3.05, 3.63) is 35.4 Å². The molecular weight excluding hydrogens is 352 g/mol. The molecule has 1 aromatic rings. The van der Waals surface area contributed by atoms with E-state index in [0.717, 1.165) is 48.1 Å². The van der Waals surface area contributed by atoms with Gasteiger partial charge in [0.15, 0.2) is 0 Å². The first kappa shape index (κ1) is 18.9. The molecule has 5 heteroatoms. The Bertz CT molecular complexity index is 875. The lowest BCUT2D eigenvalue weighted by atomic mass is 9.81. The van der Waals surface area contributed by atoms with Gasteiger partial charge in [-0.1, -0.05) is 30.5 Å². The maximum atomic E-state index is 13.4. The van der Waals surface area contributed by atoms with E-state index in [1.165, 1.54) is 4.90 Å². The number of rotatable bonds is 2. The SMILES string of the molecule is CC1=CC(C)(C)N(C(=O)CN2C(=O)[C@H]3CCCC[C@H]3C2=O)c2ccc(C)cc21. The maximum Gasteiger partial charge on any atom is 0.247 e. The molecule has 3 aliphatic rings. The van der Waals surface area contributed by atoms with Crippen molar-refractivity contribution in [2.45, 2.75) is 58.9 Å². The predicted octanol–water partition coefficient (Wildman–Crippen LogP) is 3.70. The highest BCUT2D eigenvalue weighted by Crippen LogP contribution is 2.41. The van der Waals surface area contributed by atoms with E-state index in [9.17, 15) is 14.4 Å².